The zero-order valence-electron chi connectivity index (χ0n) is 33.7. The van der Waals surface area contributed by atoms with Crippen LogP contribution in [0.25, 0.3) is 55.9 Å². The first-order chi connectivity index (χ1) is 27.5. The molecule has 1 aliphatic rings. The first kappa shape index (κ1) is 36.3. The molecule has 0 N–H and O–H groups in total. The Morgan fingerprint density at radius 1 is 0.351 bits per heavy atom. The van der Waals surface area contributed by atoms with E-state index in [0.717, 1.165) is 33.6 Å². The zero-order chi connectivity index (χ0) is 39.4. The van der Waals surface area contributed by atoms with E-state index in [0.29, 0.717) is 0 Å². The standard InChI is InChI=1S/C55H48N2/c1-53(2,3)43-25-27-56-51(35-43)41-29-39(37-17-9-7-10-18-37)31-45(33-41)55(49-23-15-13-21-47(49)48-22-14-16-24-50(48)55)46-32-40(38-19-11-8-12-20-38)30-42(34-46)52-36-44(26-28-57-52)54(4,5)6/h7-36H,1-6H3. The predicted octanol–water partition coefficient (Wildman–Crippen LogP) is 14.1. The summed E-state index contributed by atoms with van der Waals surface area (Å²) in [5.41, 5.74) is 18.1. The molecule has 8 aromatic rings. The van der Waals surface area contributed by atoms with Crippen LogP contribution >= 0.6 is 0 Å². The molecule has 0 bridgehead atoms. The molecule has 0 unspecified atom stereocenters. The second kappa shape index (κ2) is 14.0. The minimum absolute atomic E-state index is 0.0191. The molecule has 9 rings (SSSR count). The number of hydrogen-bond acceptors (Lipinski definition) is 2. The van der Waals surface area contributed by atoms with Gasteiger partial charge in [-0.25, -0.2) is 0 Å². The highest BCUT2D eigenvalue weighted by atomic mass is 14.7. The Morgan fingerprint density at radius 3 is 1.12 bits per heavy atom. The maximum Gasteiger partial charge on any atom is 0.0714 e. The van der Waals surface area contributed by atoms with Crippen LogP contribution in [0.5, 0.6) is 0 Å². The number of pyridine rings is 2. The van der Waals surface area contributed by atoms with Crippen molar-refractivity contribution in [3.8, 4) is 55.9 Å². The van der Waals surface area contributed by atoms with E-state index >= 15 is 0 Å². The number of aromatic nitrogens is 2. The van der Waals surface area contributed by atoms with E-state index in [9.17, 15) is 0 Å². The molecule has 2 heterocycles. The third-order valence-electron chi connectivity index (χ3n) is 11.7. The summed E-state index contributed by atoms with van der Waals surface area (Å²) in [7, 11) is 0. The monoisotopic (exact) mass is 736 g/mol. The van der Waals surface area contributed by atoms with Crippen LogP contribution in [0.15, 0.2) is 182 Å². The third-order valence-corrected chi connectivity index (χ3v) is 11.7. The molecule has 278 valence electrons. The van der Waals surface area contributed by atoms with Crippen molar-refractivity contribution >= 4 is 0 Å². The van der Waals surface area contributed by atoms with E-state index < -0.39 is 5.41 Å². The largest absolute Gasteiger partial charge is 0.256 e. The van der Waals surface area contributed by atoms with Gasteiger partial charge in [-0.2, -0.15) is 0 Å². The van der Waals surface area contributed by atoms with Crippen molar-refractivity contribution in [3.63, 3.8) is 0 Å². The Balaban J connectivity index is 1.42. The fraction of sp³-hybridized carbons (Fsp3) is 0.164. The van der Waals surface area contributed by atoms with Gasteiger partial charge >= 0.3 is 0 Å². The van der Waals surface area contributed by atoms with Gasteiger partial charge < -0.3 is 0 Å². The number of fused-ring (bicyclic) bond motifs is 3. The SMILES string of the molecule is CC(C)(C)c1ccnc(-c2cc(-c3ccccc3)cc(C3(c4cc(-c5ccccc5)cc(-c5cc(C(C)(C)C)ccn5)c4)c4ccccc4-c4ccccc43)c2)c1. The average Bonchev–Trinajstić information content (AvgIpc) is 3.55. The summed E-state index contributed by atoms with van der Waals surface area (Å²) in [5, 5.41) is 0. The van der Waals surface area contributed by atoms with Gasteiger partial charge in [0.2, 0.25) is 0 Å². The lowest BCUT2D eigenvalue weighted by Crippen LogP contribution is -2.29. The third kappa shape index (κ3) is 6.50. The van der Waals surface area contributed by atoms with Crippen LogP contribution in [-0.2, 0) is 16.2 Å². The lowest BCUT2D eigenvalue weighted by atomic mass is 9.66. The van der Waals surface area contributed by atoms with Gasteiger partial charge in [0.05, 0.1) is 16.8 Å². The van der Waals surface area contributed by atoms with Crippen LogP contribution in [0.2, 0.25) is 0 Å². The normalized spacial score (nSPS) is 13.2. The molecule has 0 aliphatic heterocycles. The van der Waals surface area contributed by atoms with Crippen LogP contribution in [0.4, 0.5) is 0 Å². The molecular formula is C55H48N2. The summed E-state index contributed by atoms with van der Waals surface area (Å²) in [6.45, 7) is 13.6. The van der Waals surface area contributed by atoms with E-state index in [-0.39, 0.29) is 10.8 Å². The van der Waals surface area contributed by atoms with Crippen LogP contribution in [0, 0.1) is 0 Å². The van der Waals surface area contributed by atoms with Gasteiger partial charge in [0.15, 0.2) is 0 Å². The number of rotatable bonds is 6. The first-order valence-corrected chi connectivity index (χ1v) is 20.1. The molecule has 2 heteroatoms. The average molecular weight is 737 g/mol. The maximum absolute atomic E-state index is 5.04. The predicted molar refractivity (Wildman–Crippen MR) is 238 cm³/mol. The second-order valence-corrected chi connectivity index (χ2v) is 17.5. The van der Waals surface area contributed by atoms with Crippen LogP contribution in [0.1, 0.15) is 74.9 Å². The fourth-order valence-electron chi connectivity index (χ4n) is 8.71. The molecule has 0 amide bonds. The Morgan fingerprint density at radius 2 is 0.719 bits per heavy atom. The first-order valence-electron chi connectivity index (χ1n) is 20.1. The summed E-state index contributed by atoms with van der Waals surface area (Å²) >= 11 is 0. The molecule has 0 atom stereocenters. The van der Waals surface area contributed by atoms with Crippen molar-refractivity contribution in [2.24, 2.45) is 0 Å². The van der Waals surface area contributed by atoms with Gasteiger partial charge in [0.25, 0.3) is 0 Å². The molecule has 2 nitrogen and oxygen atoms in total. The number of nitrogens with zero attached hydrogens (tertiary/aromatic N) is 2. The smallest absolute Gasteiger partial charge is 0.0714 e. The van der Waals surface area contributed by atoms with Crippen LogP contribution in [-0.4, -0.2) is 9.97 Å². The van der Waals surface area contributed by atoms with Crippen molar-refractivity contribution in [2.75, 3.05) is 0 Å². The molecule has 1 aliphatic carbocycles. The molecular weight excluding hydrogens is 689 g/mol. The van der Waals surface area contributed by atoms with Gasteiger partial charge in [-0.05, 0) is 138 Å². The molecule has 6 aromatic carbocycles. The van der Waals surface area contributed by atoms with Gasteiger partial charge in [-0.15, -0.1) is 0 Å². The minimum atomic E-state index is -0.671. The Kier molecular flexibility index (Phi) is 8.89. The highest BCUT2D eigenvalue weighted by Gasteiger charge is 2.46. The van der Waals surface area contributed by atoms with Gasteiger partial charge in [0, 0.05) is 23.5 Å². The Labute approximate surface area is 338 Å². The van der Waals surface area contributed by atoms with Crippen molar-refractivity contribution in [3.05, 3.63) is 216 Å². The van der Waals surface area contributed by atoms with E-state index in [1.54, 1.807) is 0 Å². The number of benzene rings is 6. The molecule has 0 spiro atoms. The van der Waals surface area contributed by atoms with Crippen LogP contribution in [0.3, 0.4) is 0 Å². The van der Waals surface area contributed by atoms with Crippen molar-refractivity contribution in [1.82, 2.24) is 9.97 Å². The quantitative estimate of drug-likeness (QED) is 0.170. The molecule has 57 heavy (non-hydrogen) atoms. The molecule has 0 radical (unpaired) electrons. The Bertz CT molecular complexity index is 2550. The van der Waals surface area contributed by atoms with Gasteiger partial charge in [0.1, 0.15) is 0 Å². The fourth-order valence-corrected chi connectivity index (χ4v) is 8.71. The van der Waals surface area contributed by atoms with Crippen molar-refractivity contribution < 1.29 is 0 Å². The summed E-state index contributed by atoms with van der Waals surface area (Å²) < 4.78 is 0. The van der Waals surface area contributed by atoms with Crippen molar-refractivity contribution in [2.45, 2.75) is 57.8 Å². The topological polar surface area (TPSA) is 25.8 Å². The zero-order valence-corrected chi connectivity index (χ0v) is 33.7. The summed E-state index contributed by atoms with van der Waals surface area (Å²) in [4.78, 5) is 10.1. The van der Waals surface area contributed by atoms with Gasteiger partial charge in [-0.3, -0.25) is 9.97 Å². The Hall–Kier alpha value is -6.38. The van der Waals surface area contributed by atoms with Crippen molar-refractivity contribution in [1.29, 1.82) is 0 Å². The molecule has 2 aromatic heterocycles. The van der Waals surface area contributed by atoms with E-state index in [4.69, 9.17) is 9.97 Å². The lowest BCUT2D eigenvalue weighted by molar-refractivity contribution is 0.589. The molecule has 0 saturated heterocycles. The summed E-state index contributed by atoms with van der Waals surface area (Å²) in [6.07, 6.45) is 3.93. The van der Waals surface area contributed by atoms with Crippen LogP contribution < -0.4 is 0 Å². The minimum Gasteiger partial charge on any atom is -0.256 e. The molecule has 0 saturated carbocycles. The highest BCUT2D eigenvalue weighted by molar-refractivity contribution is 5.89. The summed E-state index contributed by atoms with van der Waals surface area (Å²) in [6, 6.07) is 62.8. The van der Waals surface area contributed by atoms with E-state index in [1.807, 2.05) is 12.4 Å². The van der Waals surface area contributed by atoms with E-state index in [2.05, 4.69) is 211 Å². The summed E-state index contributed by atoms with van der Waals surface area (Å²) in [5.74, 6) is 0. The second-order valence-electron chi connectivity index (χ2n) is 17.5. The van der Waals surface area contributed by atoms with E-state index in [1.165, 1.54) is 55.6 Å². The van der Waals surface area contributed by atoms with Gasteiger partial charge in [-0.1, -0.05) is 151 Å². The highest BCUT2D eigenvalue weighted by Crippen LogP contribution is 2.57. The maximum atomic E-state index is 5.04. The molecule has 0 fully saturated rings. The lowest BCUT2D eigenvalue weighted by Gasteiger charge is -2.35. The number of hydrogen-bond donors (Lipinski definition) is 0.